The smallest absolute Gasteiger partial charge is 0.423 e. The van der Waals surface area contributed by atoms with E-state index in [0.717, 1.165) is 36.4 Å². The third-order valence-corrected chi connectivity index (χ3v) is 20.4. The zero-order valence-electron chi connectivity index (χ0n) is 50.6. The summed E-state index contributed by atoms with van der Waals surface area (Å²) in [6.45, 7) is 0. The molecule has 0 amide bonds. The zero-order chi connectivity index (χ0) is 62.7. The first-order valence-corrected chi connectivity index (χ1v) is 33.2. The Morgan fingerprint density at radius 1 is 0.245 bits per heavy atom. The monoisotopic (exact) mass is 1330 g/mol. The molecule has 0 saturated carbocycles. The van der Waals surface area contributed by atoms with Gasteiger partial charge in [-0.15, -0.1) is 0 Å². The number of hydrogen-bond donors (Lipinski definition) is 2. The SMILES string of the molecule is Brc1ccc2c(c1)-c1cccc3c(Br)ccc-2c13.OB(O)c1ccc2c(c1)c1ccccc1n2-c1ccccc1.[HH].c1ccc(-n2c3ccccc3c3cc(-c4ccc5c(c4)-c4cccc6c(-c7ccc8c(c7)c7ccccc7n8-c7ccccc7)ccc-5c46)ccc32)cc1. The standard InChI is InChI=1S/C52H32N2.C18H14BNO2.C16H8Br2.H2/c1-3-12-36(13-4-1)53-48-20-9-7-16-40(48)46-31-34(23-28-50(46)53)33-22-25-39-44-27-26-38(42-18-11-19-43(52(42)44)45(39)30-33)35-24-29-51-47(32-35)41-17-8-10-21-49(41)54(51)37-14-5-2-6-15-37;21-19(22)13-10-11-18-16(12-13)15-8-4-5-9-17(15)20(18)14-6-2-1-3-7-14;17-9-4-5-10-12-6-7-15(18)13-3-1-2-11(16(12)13)14(10)8-9;/h1-32H;1-12,21-22H;1-8H;1H. The number of halogens is 2. The van der Waals surface area contributed by atoms with Crippen molar-refractivity contribution in [1.82, 2.24) is 13.7 Å². The average molecular weight is 1330 g/mol. The van der Waals surface area contributed by atoms with Crippen molar-refractivity contribution in [2.24, 2.45) is 0 Å². The second-order valence-electron chi connectivity index (χ2n) is 24.3. The van der Waals surface area contributed by atoms with Crippen molar-refractivity contribution in [3.63, 3.8) is 0 Å². The lowest BCUT2D eigenvalue weighted by molar-refractivity contribution is 0.426. The Morgan fingerprint density at radius 2 is 0.617 bits per heavy atom. The van der Waals surface area contributed by atoms with E-state index >= 15 is 0 Å². The molecule has 0 radical (unpaired) electrons. The summed E-state index contributed by atoms with van der Waals surface area (Å²) in [5.41, 5.74) is 26.5. The van der Waals surface area contributed by atoms with Crippen LogP contribution in [-0.2, 0) is 0 Å². The maximum absolute atomic E-state index is 9.43. The van der Waals surface area contributed by atoms with Gasteiger partial charge in [-0.2, -0.15) is 0 Å². The van der Waals surface area contributed by atoms with Gasteiger partial charge in [-0.25, -0.2) is 0 Å². The molecule has 18 aromatic rings. The summed E-state index contributed by atoms with van der Waals surface area (Å²) in [6, 6.07) is 113. The fourth-order valence-corrected chi connectivity index (χ4v) is 15.9. The Labute approximate surface area is 560 Å². The van der Waals surface area contributed by atoms with E-state index in [4.69, 9.17) is 0 Å². The molecule has 94 heavy (non-hydrogen) atoms. The third-order valence-electron chi connectivity index (χ3n) is 19.2. The van der Waals surface area contributed by atoms with E-state index in [0.29, 0.717) is 5.46 Å². The normalized spacial score (nSPS) is 11.8. The van der Waals surface area contributed by atoms with Gasteiger partial charge in [-0.1, -0.05) is 238 Å². The summed E-state index contributed by atoms with van der Waals surface area (Å²) in [5.74, 6) is 0. The van der Waals surface area contributed by atoms with Crippen LogP contribution >= 0.6 is 31.9 Å². The maximum atomic E-state index is 9.43. The molecule has 0 atom stereocenters. The molecule has 5 nitrogen and oxygen atoms in total. The zero-order valence-corrected chi connectivity index (χ0v) is 53.8. The van der Waals surface area contributed by atoms with Crippen LogP contribution < -0.4 is 5.46 Å². The van der Waals surface area contributed by atoms with Crippen LogP contribution in [0.25, 0.3) is 171 Å². The number of benzene rings is 15. The highest BCUT2D eigenvalue weighted by Gasteiger charge is 2.26. The predicted octanol–water partition coefficient (Wildman–Crippen LogP) is 22.7. The van der Waals surface area contributed by atoms with Crippen LogP contribution in [0.1, 0.15) is 1.43 Å². The minimum atomic E-state index is -1.46. The Morgan fingerprint density at radius 3 is 1.17 bits per heavy atom. The lowest BCUT2D eigenvalue weighted by Crippen LogP contribution is -2.29. The summed E-state index contributed by atoms with van der Waals surface area (Å²) in [4.78, 5) is 0. The van der Waals surface area contributed by atoms with Crippen LogP contribution in [0.15, 0.2) is 324 Å². The molecule has 2 N–H and O–H groups in total. The molecular weight excluding hydrogens is 1280 g/mol. The summed E-state index contributed by atoms with van der Waals surface area (Å²) in [5, 5.41) is 31.3. The fraction of sp³-hybridized carbons (Fsp3) is 0. The molecule has 444 valence electrons. The Balaban J connectivity index is 0.000000136. The van der Waals surface area contributed by atoms with Crippen molar-refractivity contribution >= 4 is 131 Å². The number of aromatic nitrogens is 3. The highest BCUT2D eigenvalue weighted by molar-refractivity contribution is 9.11. The van der Waals surface area contributed by atoms with Gasteiger partial charge in [0.2, 0.25) is 0 Å². The molecule has 0 fully saturated rings. The van der Waals surface area contributed by atoms with Gasteiger partial charge in [-0.3, -0.25) is 0 Å². The van der Waals surface area contributed by atoms with Crippen molar-refractivity contribution in [2.75, 3.05) is 0 Å². The molecule has 0 unspecified atom stereocenters. The molecule has 0 saturated heterocycles. The van der Waals surface area contributed by atoms with Crippen LogP contribution in [0.5, 0.6) is 0 Å². The number of nitrogens with zero attached hydrogens (tertiary/aromatic N) is 3. The lowest BCUT2D eigenvalue weighted by atomic mass is 9.80. The second kappa shape index (κ2) is 22.5. The summed E-state index contributed by atoms with van der Waals surface area (Å²) >= 11 is 7.21. The highest BCUT2D eigenvalue weighted by atomic mass is 79.9. The second-order valence-corrected chi connectivity index (χ2v) is 26.1. The minimum absolute atomic E-state index is 0. The van der Waals surface area contributed by atoms with Crippen molar-refractivity contribution < 1.29 is 11.5 Å². The fourth-order valence-electron chi connectivity index (χ4n) is 15.1. The van der Waals surface area contributed by atoms with Crippen LogP contribution in [0.2, 0.25) is 0 Å². The first-order valence-electron chi connectivity index (χ1n) is 31.7. The molecule has 15 aromatic carbocycles. The molecule has 20 rings (SSSR count). The van der Waals surface area contributed by atoms with E-state index in [1.54, 1.807) is 6.07 Å². The van der Waals surface area contributed by atoms with Gasteiger partial charge in [-0.05, 0) is 203 Å². The van der Waals surface area contributed by atoms with Gasteiger partial charge < -0.3 is 23.7 Å². The van der Waals surface area contributed by atoms with Gasteiger partial charge in [0.1, 0.15) is 0 Å². The molecule has 0 bridgehead atoms. The van der Waals surface area contributed by atoms with Gasteiger partial charge in [0.15, 0.2) is 0 Å². The largest absolute Gasteiger partial charge is 0.488 e. The topological polar surface area (TPSA) is 55.2 Å². The molecule has 2 aliphatic rings. The van der Waals surface area contributed by atoms with E-state index in [1.807, 2.05) is 42.5 Å². The molecule has 3 heterocycles. The summed E-state index contributed by atoms with van der Waals surface area (Å²) < 4.78 is 9.25. The Hall–Kier alpha value is -10.8. The van der Waals surface area contributed by atoms with Crippen LogP contribution in [-0.4, -0.2) is 30.9 Å². The maximum Gasteiger partial charge on any atom is 0.488 e. The summed E-state index contributed by atoms with van der Waals surface area (Å²) in [7, 11) is -1.46. The highest BCUT2D eigenvalue weighted by Crippen LogP contribution is 2.52. The Kier molecular flexibility index (Phi) is 13.4. The van der Waals surface area contributed by atoms with E-state index in [2.05, 4.69) is 312 Å². The lowest BCUT2D eigenvalue weighted by Gasteiger charge is -2.11. The number of para-hydroxylation sites is 6. The van der Waals surface area contributed by atoms with Crippen LogP contribution in [0.4, 0.5) is 0 Å². The molecule has 3 aromatic heterocycles. The van der Waals surface area contributed by atoms with Crippen molar-refractivity contribution in [3.05, 3.63) is 324 Å². The van der Waals surface area contributed by atoms with Crippen molar-refractivity contribution in [2.45, 2.75) is 0 Å². The molecule has 8 heteroatoms. The first kappa shape index (κ1) is 56.0. The van der Waals surface area contributed by atoms with E-state index < -0.39 is 7.12 Å². The number of fused-ring (bicyclic) bond motifs is 15. The average Bonchev–Trinajstić information content (AvgIpc) is 1.61. The van der Waals surface area contributed by atoms with Crippen LogP contribution in [0.3, 0.4) is 0 Å². The first-order chi connectivity index (χ1) is 46.3. The molecule has 0 spiro atoms. The summed E-state index contributed by atoms with van der Waals surface area (Å²) in [6.07, 6.45) is 0. The van der Waals surface area contributed by atoms with E-state index in [-0.39, 0.29) is 1.43 Å². The number of rotatable bonds is 6. The molecular formula is C86H56BBr2N3O2. The van der Waals surface area contributed by atoms with Gasteiger partial charge >= 0.3 is 7.12 Å². The molecule has 2 aliphatic carbocycles. The van der Waals surface area contributed by atoms with Gasteiger partial charge in [0.25, 0.3) is 0 Å². The van der Waals surface area contributed by atoms with Gasteiger partial charge in [0, 0.05) is 59.8 Å². The quantitative estimate of drug-likeness (QED) is 0.163. The van der Waals surface area contributed by atoms with E-state index in [1.165, 1.54) is 143 Å². The minimum Gasteiger partial charge on any atom is -0.423 e. The van der Waals surface area contributed by atoms with Crippen molar-refractivity contribution in [1.29, 1.82) is 0 Å². The van der Waals surface area contributed by atoms with Crippen LogP contribution in [0, 0.1) is 0 Å². The van der Waals surface area contributed by atoms with E-state index in [9.17, 15) is 10.0 Å². The third kappa shape index (κ3) is 8.97. The predicted molar refractivity (Wildman–Crippen MR) is 404 cm³/mol. The van der Waals surface area contributed by atoms with Crippen molar-refractivity contribution in [3.8, 4) is 83.8 Å². The Bertz CT molecular complexity index is 6120. The van der Waals surface area contributed by atoms with Gasteiger partial charge in [0.05, 0.1) is 33.1 Å². The number of hydrogen-bond acceptors (Lipinski definition) is 2. The molecule has 0 aliphatic heterocycles.